The Balaban J connectivity index is 1.33. The van der Waals surface area contributed by atoms with Gasteiger partial charge in [-0.05, 0) is 49.4 Å². The van der Waals surface area contributed by atoms with Gasteiger partial charge in [0.15, 0.2) is 6.10 Å². The van der Waals surface area contributed by atoms with Crippen LogP contribution in [0.25, 0.3) is 0 Å². The molecule has 0 aromatic heterocycles. The number of alkyl carbamates (subject to hydrolysis) is 1. The molecule has 0 radical (unpaired) electrons. The fourth-order valence-electron chi connectivity index (χ4n) is 5.28. The van der Waals surface area contributed by atoms with E-state index in [2.05, 4.69) is 10.2 Å². The van der Waals surface area contributed by atoms with Crippen molar-refractivity contribution in [3.63, 3.8) is 0 Å². The third-order valence-electron chi connectivity index (χ3n) is 7.01. The number of carbonyl (C=O) groups excluding carboxylic acids is 2. The summed E-state index contributed by atoms with van der Waals surface area (Å²) in [6.07, 6.45) is 5.83. The molecule has 2 amide bonds. The molecule has 1 saturated heterocycles. The fraction of sp³-hybridized carbons (Fsp3) is 0.680. The number of amides is 2. The van der Waals surface area contributed by atoms with Crippen LogP contribution in [0.15, 0.2) is 18.2 Å². The number of halogens is 1. The number of rotatable bonds is 7. The molecule has 0 bridgehead atoms. The van der Waals surface area contributed by atoms with Gasteiger partial charge >= 0.3 is 6.09 Å². The van der Waals surface area contributed by atoms with Gasteiger partial charge in [-0.2, -0.15) is 0 Å². The minimum Gasteiger partial charge on any atom is -0.436 e. The Hall–Kier alpha value is -2.35. The molecule has 2 fully saturated rings. The first-order chi connectivity index (χ1) is 16.0. The average Bonchev–Trinajstić information content (AvgIpc) is 3.20. The zero-order valence-electron chi connectivity index (χ0n) is 19.6. The van der Waals surface area contributed by atoms with Gasteiger partial charge in [0.1, 0.15) is 5.82 Å². The lowest BCUT2D eigenvalue weighted by atomic mass is 9.85. The molecule has 1 N–H and O–H groups in total. The van der Waals surface area contributed by atoms with E-state index in [-0.39, 0.29) is 17.8 Å². The molecule has 3 aliphatic rings. The van der Waals surface area contributed by atoms with Crippen molar-refractivity contribution in [3.8, 4) is 0 Å². The normalized spacial score (nSPS) is 20.8. The molecule has 4 rings (SSSR count). The van der Waals surface area contributed by atoms with Crippen molar-refractivity contribution in [1.29, 1.82) is 0 Å². The molecule has 0 unspecified atom stereocenters. The molecule has 7 nitrogen and oxygen atoms in total. The molecule has 2 aliphatic heterocycles. The second-order valence-electron chi connectivity index (χ2n) is 9.59. The summed E-state index contributed by atoms with van der Waals surface area (Å²) in [7, 11) is 0. The Bertz CT molecular complexity index is 824. The zero-order valence-corrected chi connectivity index (χ0v) is 19.6. The van der Waals surface area contributed by atoms with Gasteiger partial charge in [0.2, 0.25) is 0 Å². The lowest BCUT2D eigenvalue weighted by Crippen LogP contribution is -2.49. The highest BCUT2D eigenvalue weighted by molar-refractivity contribution is 5.83. The van der Waals surface area contributed by atoms with E-state index in [0.29, 0.717) is 45.2 Å². The van der Waals surface area contributed by atoms with Gasteiger partial charge in [-0.1, -0.05) is 32.1 Å². The molecule has 0 spiro atoms. The predicted molar refractivity (Wildman–Crippen MR) is 124 cm³/mol. The molecular formula is C25H36FN3O4. The molecule has 1 saturated carbocycles. The van der Waals surface area contributed by atoms with E-state index in [1.165, 1.54) is 25.3 Å². The highest BCUT2D eigenvalue weighted by atomic mass is 19.1. The minimum absolute atomic E-state index is 0.109. The van der Waals surface area contributed by atoms with Crippen LogP contribution in [-0.2, 0) is 20.7 Å². The van der Waals surface area contributed by atoms with Crippen LogP contribution in [0.2, 0.25) is 0 Å². The maximum absolute atomic E-state index is 13.5. The Labute approximate surface area is 195 Å². The molecular weight excluding hydrogens is 425 g/mol. The van der Waals surface area contributed by atoms with Crippen molar-refractivity contribution in [2.75, 3.05) is 44.3 Å². The number of fused-ring (bicyclic) bond motifs is 1. The summed E-state index contributed by atoms with van der Waals surface area (Å²) in [5, 5.41) is 2.90. The standard InChI is InChI=1S/C25H36FN3O4/c1-18(17-29-10-9-20-16-21(26)7-8-22(20)29)27-25(31)33-23(15-19-5-3-2-4-6-19)24(30)28-11-13-32-14-12-28/h7-8,16,18-19,23H,2-6,9-15,17H2,1H3,(H,27,31)/t18-,23-/m0/s1. The zero-order chi connectivity index (χ0) is 23.2. The predicted octanol–water partition coefficient (Wildman–Crippen LogP) is 3.50. The molecule has 1 aromatic carbocycles. The first kappa shape index (κ1) is 23.8. The highest BCUT2D eigenvalue weighted by Crippen LogP contribution is 2.30. The number of carbonyl (C=O) groups is 2. The summed E-state index contributed by atoms with van der Waals surface area (Å²) < 4.78 is 24.6. The number of nitrogens with zero attached hydrogens (tertiary/aromatic N) is 2. The molecule has 1 aliphatic carbocycles. The lowest BCUT2D eigenvalue weighted by molar-refractivity contribution is -0.145. The number of morpholine rings is 1. The van der Waals surface area contributed by atoms with E-state index in [9.17, 15) is 14.0 Å². The lowest BCUT2D eigenvalue weighted by Gasteiger charge is -2.32. The van der Waals surface area contributed by atoms with Crippen molar-refractivity contribution in [1.82, 2.24) is 10.2 Å². The van der Waals surface area contributed by atoms with Crippen LogP contribution in [0.1, 0.15) is 51.0 Å². The van der Waals surface area contributed by atoms with Crippen LogP contribution in [0.5, 0.6) is 0 Å². The van der Waals surface area contributed by atoms with E-state index < -0.39 is 12.2 Å². The van der Waals surface area contributed by atoms with Gasteiger partial charge in [0.05, 0.1) is 13.2 Å². The van der Waals surface area contributed by atoms with Gasteiger partial charge in [-0.3, -0.25) is 4.79 Å². The van der Waals surface area contributed by atoms with E-state index in [1.54, 1.807) is 17.0 Å². The number of nitrogens with one attached hydrogen (secondary N) is 1. The maximum atomic E-state index is 13.5. The van der Waals surface area contributed by atoms with Gasteiger partial charge in [0.25, 0.3) is 5.91 Å². The first-order valence-corrected chi connectivity index (χ1v) is 12.4. The van der Waals surface area contributed by atoms with Gasteiger partial charge in [-0.15, -0.1) is 0 Å². The summed E-state index contributed by atoms with van der Waals surface area (Å²) >= 11 is 0. The summed E-state index contributed by atoms with van der Waals surface area (Å²) in [6.45, 7) is 5.42. The summed E-state index contributed by atoms with van der Waals surface area (Å²) in [6, 6.07) is 4.66. The number of hydrogen-bond acceptors (Lipinski definition) is 5. The Kier molecular flexibility index (Phi) is 8.06. The highest BCUT2D eigenvalue weighted by Gasteiger charge is 2.32. The van der Waals surface area contributed by atoms with Crippen molar-refractivity contribution in [2.45, 2.75) is 64.0 Å². The van der Waals surface area contributed by atoms with Crippen LogP contribution in [0, 0.1) is 11.7 Å². The number of ether oxygens (including phenoxy) is 2. The molecule has 2 heterocycles. The maximum Gasteiger partial charge on any atom is 0.408 e. The van der Waals surface area contributed by atoms with Crippen molar-refractivity contribution < 1.29 is 23.5 Å². The van der Waals surface area contributed by atoms with Gasteiger partial charge < -0.3 is 24.6 Å². The molecule has 2 atom stereocenters. The number of anilines is 1. The average molecular weight is 462 g/mol. The third kappa shape index (κ3) is 6.37. The van der Waals surface area contributed by atoms with Crippen molar-refractivity contribution in [3.05, 3.63) is 29.6 Å². The fourth-order valence-corrected chi connectivity index (χ4v) is 5.28. The second kappa shape index (κ2) is 11.2. The second-order valence-corrected chi connectivity index (χ2v) is 9.59. The smallest absolute Gasteiger partial charge is 0.408 e. The van der Waals surface area contributed by atoms with Crippen LogP contribution < -0.4 is 10.2 Å². The largest absolute Gasteiger partial charge is 0.436 e. The summed E-state index contributed by atoms with van der Waals surface area (Å²) in [5.41, 5.74) is 2.00. The van der Waals surface area contributed by atoms with Crippen LogP contribution >= 0.6 is 0 Å². The number of benzene rings is 1. The van der Waals surface area contributed by atoms with E-state index >= 15 is 0 Å². The summed E-state index contributed by atoms with van der Waals surface area (Å²) in [5.74, 6) is 0.0851. The third-order valence-corrected chi connectivity index (χ3v) is 7.01. The van der Waals surface area contributed by atoms with Gasteiger partial charge in [-0.25, -0.2) is 9.18 Å². The van der Waals surface area contributed by atoms with E-state index in [0.717, 1.165) is 37.1 Å². The van der Waals surface area contributed by atoms with E-state index in [1.807, 2.05) is 6.92 Å². The number of hydrogen-bond donors (Lipinski definition) is 1. The molecule has 33 heavy (non-hydrogen) atoms. The SMILES string of the molecule is C[C@@H](CN1CCc2cc(F)ccc21)NC(=O)O[C@@H](CC1CCCCC1)C(=O)N1CCOCC1. The Morgan fingerprint density at radius 3 is 2.70 bits per heavy atom. The minimum atomic E-state index is -0.756. The van der Waals surface area contributed by atoms with Crippen molar-refractivity contribution >= 4 is 17.7 Å². The van der Waals surface area contributed by atoms with E-state index in [4.69, 9.17) is 9.47 Å². The molecule has 8 heteroatoms. The van der Waals surface area contributed by atoms with Crippen LogP contribution in [0.3, 0.4) is 0 Å². The topological polar surface area (TPSA) is 71.1 Å². The molecule has 182 valence electrons. The van der Waals surface area contributed by atoms with Crippen LogP contribution in [0.4, 0.5) is 14.9 Å². The van der Waals surface area contributed by atoms with Crippen molar-refractivity contribution in [2.24, 2.45) is 5.92 Å². The Morgan fingerprint density at radius 1 is 1.18 bits per heavy atom. The molecule has 1 aromatic rings. The first-order valence-electron chi connectivity index (χ1n) is 12.4. The monoisotopic (exact) mass is 461 g/mol. The Morgan fingerprint density at radius 2 is 1.94 bits per heavy atom. The summed E-state index contributed by atoms with van der Waals surface area (Å²) in [4.78, 5) is 29.8. The quantitative estimate of drug-likeness (QED) is 0.673. The van der Waals surface area contributed by atoms with Gasteiger partial charge in [0, 0.05) is 37.9 Å². The van der Waals surface area contributed by atoms with Crippen LogP contribution in [-0.4, -0.2) is 68.4 Å².